The highest BCUT2D eigenvalue weighted by atomic mass is 16.5. The van der Waals surface area contributed by atoms with Crippen LogP contribution in [-0.4, -0.2) is 18.5 Å². The molecular weight excluding hydrogens is 188 g/mol. The van der Waals surface area contributed by atoms with Gasteiger partial charge in [0, 0.05) is 12.5 Å². The van der Waals surface area contributed by atoms with Crippen LogP contribution in [0.15, 0.2) is 0 Å². The summed E-state index contributed by atoms with van der Waals surface area (Å²) in [5, 5.41) is 0. The number of ether oxygens (including phenoxy) is 1. The van der Waals surface area contributed by atoms with Gasteiger partial charge in [-0.1, -0.05) is 20.8 Å². The maximum absolute atomic E-state index is 10.8. The van der Waals surface area contributed by atoms with Crippen molar-refractivity contribution in [3.05, 3.63) is 0 Å². The molecule has 0 aromatic carbocycles. The molecule has 1 saturated carbocycles. The van der Waals surface area contributed by atoms with Gasteiger partial charge in [-0.25, -0.2) is 0 Å². The number of carbonyl (C=O) groups excluding carboxylic acids is 1. The highest BCUT2D eigenvalue weighted by molar-refractivity contribution is 5.54. The van der Waals surface area contributed by atoms with Crippen molar-refractivity contribution in [3.8, 4) is 0 Å². The molecule has 1 spiro atoms. The van der Waals surface area contributed by atoms with E-state index in [9.17, 15) is 4.79 Å². The van der Waals surface area contributed by atoms with E-state index >= 15 is 0 Å². The molecule has 86 valence electrons. The Labute approximate surface area is 92.4 Å². The molecule has 1 unspecified atom stereocenters. The Morgan fingerprint density at radius 1 is 1.27 bits per heavy atom. The van der Waals surface area contributed by atoms with E-state index in [4.69, 9.17) is 4.74 Å². The molecule has 15 heavy (non-hydrogen) atoms. The lowest BCUT2D eigenvalue weighted by molar-refractivity contribution is -0.184. The van der Waals surface area contributed by atoms with Gasteiger partial charge < -0.3 is 9.53 Å². The molecule has 0 N–H and O–H groups in total. The summed E-state index contributed by atoms with van der Waals surface area (Å²) in [5.74, 6) is 1.02. The van der Waals surface area contributed by atoms with E-state index in [2.05, 4.69) is 20.8 Å². The molecule has 1 atom stereocenters. The average Bonchev–Trinajstić information content (AvgIpc) is 2.12. The lowest BCUT2D eigenvalue weighted by atomic mass is 9.58. The number of aldehydes is 1. The van der Waals surface area contributed by atoms with Gasteiger partial charge in [-0.3, -0.25) is 0 Å². The van der Waals surface area contributed by atoms with Crippen LogP contribution in [0.3, 0.4) is 0 Å². The molecule has 2 rings (SSSR count). The second-order valence-electron chi connectivity index (χ2n) is 6.39. The maximum atomic E-state index is 10.8. The van der Waals surface area contributed by atoms with Crippen LogP contribution >= 0.6 is 0 Å². The Morgan fingerprint density at radius 3 is 2.47 bits per heavy atom. The lowest BCUT2D eigenvalue weighted by Crippen LogP contribution is -2.53. The normalized spacial score (nSPS) is 41.3. The molecule has 2 fully saturated rings. The predicted molar refractivity (Wildman–Crippen MR) is 59.7 cm³/mol. The van der Waals surface area contributed by atoms with Gasteiger partial charge in [0.2, 0.25) is 0 Å². The topological polar surface area (TPSA) is 26.3 Å². The van der Waals surface area contributed by atoms with Crippen LogP contribution in [0, 0.1) is 17.3 Å². The average molecular weight is 210 g/mol. The van der Waals surface area contributed by atoms with E-state index in [1.807, 2.05) is 0 Å². The van der Waals surface area contributed by atoms with Crippen molar-refractivity contribution in [2.45, 2.75) is 52.1 Å². The second-order valence-corrected chi connectivity index (χ2v) is 6.39. The smallest absolute Gasteiger partial charge is 0.123 e. The van der Waals surface area contributed by atoms with E-state index in [0.717, 1.165) is 44.5 Å². The summed E-state index contributed by atoms with van der Waals surface area (Å²) in [7, 11) is 0. The van der Waals surface area contributed by atoms with Crippen LogP contribution in [0.1, 0.15) is 46.5 Å². The van der Waals surface area contributed by atoms with Gasteiger partial charge in [0.15, 0.2) is 0 Å². The Balaban J connectivity index is 1.93. The lowest BCUT2D eigenvalue weighted by Gasteiger charge is -2.55. The summed E-state index contributed by atoms with van der Waals surface area (Å²) in [6.07, 6.45) is 5.31. The van der Waals surface area contributed by atoms with E-state index < -0.39 is 0 Å². The zero-order valence-corrected chi connectivity index (χ0v) is 10.1. The highest BCUT2D eigenvalue weighted by Crippen LogP contribution is 2.53. The first-order valence-electron chi connectivity index (χ1n) is 6.04. The van der Waals surface area contributed by atoms with Crippen LogP contribution < -0.4 is 0 Å². The largest absolute Gasteiger partial charge is 0.375 e. The summed E-state index contributed by atoms with van der Waals surface area (Å²) in [6.45, 7) is 7.67. The van der Waals surface area contributed by atoms with Gasteiger partial charge in [0.1, 0.15) is 6.29 Å². The molecule has 1 aliphatic heterocycles. The van der Waals surface area contributed by atoms with Gasteiger partial charge >= 0.3 is 0 Å². The molecule has 0 aromatic heterocycles. The molecule has 2 nitrogen and oxygen atoms in total. The first-order valence-corrected chi connectivity index (χ1v) is 6.04. The predicted octanol–water partition coefficient (Wildman–Crippen LogP) is 2.81. The molecular formula is C13H22O2. The minimum absolute atomic E-state index is 0.0712. The van der Waals surface area contributed by atoms with Gasteiger partial charge in [-0.15, -0.1) is 0 Å². The van der Waals surface area contributed by atoms with Gasteiger partial charge in [-0.05, 0) is 37.0 Å². The van der Waals surface area contributed by atoms with E-state index in [1.165, 1.54) is 0 Å². The highest BCUT2D eigenvalue weighted by Gasteiger charge is 2.51. The summed E-state index contributed by atoms with van der Waals surface area (Å²) in [5.41, 5.74) is 0.463. The van der Waals surface area contributed by atoms with Gasteiger partial charge in [-0.2, -0.15) is 0 Å². The van der Waals surface area contributed by atoms with Crippen LogP contribution in [0.4, 0.5) is 0 Å². The van der Waals surface area contributed by atoms with Crippen molar-refractivity contribution in [3.63, 3.8) is 0 Å². The minimum Gasteiger partial charge on any atom is -0.375 e. The molecule has 1 aliphatic carbocycles. The first kappa shape index (κ1) is 11.1. The number of hydrogen-bond acceptors (Lipinski definition) is 2. The zero-order chi connectivity index (χ0) is 11.1. The van der Waals surface area contributed by atoms with Gasteiger partial charge in [0.05, 0.1) is 5.60 Å². The monoisotopic (exact) mass is 210 g/mol. The van der Waals surface area contributed by atoms with Crippen LogP contribution in [0.5, 0.6) is 0 Å². The zero-order valence-electron chi connectivity index (χ0n) is 10.1. The molecule has 0 amide bonds. The van der Waals surface area contributed by atoms with Crippen molar-refractivity contribution in [2.24, 2.45) is 17.3 Å². The fourth-order valence-electron chi connectivity index (χ4n) is 2.92. The van der Waals surface area contributed by atoms with Crippen molar-refractivity contribution in [2.75, 3.05) is 6.61 Å². The minimum atomic E-state index is 0.0712. The molecule has 1 heterocycles. The summed E-state index contributed by atoms with van der Waals surface area (Å²) in [4.78, 5) is 10.8. The standard InChI is InChI=1S/C13H22O2/c1-12(2,3)11-7-13(8-11)6-10(9-14)4-5-15-13/h9-11H,4-8H2,1-3H3. The van der Waals surface area contributed by atoms with E-state index in [0.29, 0.717) is 5.41 Å². The van der Waals surface area contributed by atoms with Crippen molar-refractivity contribution in [1.82, 2.24) is 0 Å². The fraction of sp³-hybridized carbons (Fsp3) is 0.923. The number of carbonyl (C=O) groups is 1. The summed E-state index contributed by atoms with van der Waals surface area (Å²) in [6, 6.07) is 0. The maximum Gasteiger partial charge on any atom is 0.123 e. The second kappa shape index (κ2) is 3.58. The number of rotatable bonds is 1. The summed E-state index contributed by atoms with van der Waals surface area (Å²) >= 11 is 0. The molecule has 0 radical (unpaired) electrons. The fourth-order valence-corrected chi connectivity index (χ4v) is 2.92. The van der Waals surface area contributed by atoms with Crippen LogP contribution in [0.2, 0.25) is 0 Å². The Hall–Kier alpha value is -0.370. The third-order valence-electron chi connectivity index (χ3n) is 4.19. The summed E-state index contributed by atoms with van der Waals surface area (Å²) < 4.78 is 5.90. The molecule has 0 bridgehead atoms. The molecule has 0 aromatic rings. The Bertz CT molecular complexity index is 246. The quantitative estimate of drug-likeness (QED) is 0.622. The van der Waals surface area contributed by atoms with E-state index in [1.54, 1.807) is 0 Å². The first-order chi connectivity index (χ1) is 6.95. The Kier molecular flexibility index (Phi) is 2.66. The van der Waals surface area contributed by atoms with Crippen LogP contribution in [0.25, 0.3) is 0 Å². The third kappa shape index (κ3) is 2.10. The molecule has 2 heteroatoms. The number of hydrogen-bond donors (Lipinski definition) is 0. The van der Waals surface area contributed by atoms with Crippen molar-refractivity contribution in [1.29, 1.82) is 0 Å². The Morgan fingerprint density at radius 2 is 1.93 bits per heavy atom. The van der Waals surface area contributed by atoms with Crippen molar-refractivity contribution >= 4 is 6.29 Å². The third-order valence-corrected chi connectivity index (χ3v) is 4.19. The van der Waals surface area contributed by atoms with Gasteiger partial charge in [0.25, 0.3) is 0 Å². The van der Waals surface area contributed by atoms with Crippen molar-refractivity contribution < 1.29 is 9.53 Å². The SMILES string of the molecule is CC(C)(C)C1CC2(CC(C=O)CCO2)C1. The molecule has 2 aliphatic rings. The van der Waals surface area contributed by atoms with Crippen LogP contribution in [-0.2, 0) is 9.53 Å². The van der Waals surface area contributed by atoms with E-state index in [-0.39, 0.29) is 11.5 Å². The molecule has 1 saturated heterocycles.